The maximum Gasteiger partial charge on any atom is 0.373 e. The van der Waals surface area contributed by atoms with Gasteiger partial charge < -0.3 is 5.11 Å². The molecule has 0 aliphatic heterocycles. The van der Waals surface area contributed by atoms with Crippen molar-refractivity contribution in [1.82, 2.24) is 0 Å². The van der Waals surface area contributed by atoms with Crippen molar-refractivity contribution >= 4 is 6.15 Å². The van der Waals surface area contributed by atoms with Gasteiger partial charge in [-0.3, -0.25) is 0 Å². The lowest BCUT2D eigenvalue weighted by Gasteiger charge is -2.04. The Balaban J connectivity index is 0. The highest BCUT2D eigenvalue weighted by atomic mass is 16.3. The van der Waals surface area contributed by atoms with Crippen molar-refractivity contribution in [2.24, 2.45) is 0 Å². The molecule has 0 aromatic rings. The molecule has 48 valence electrons. The summed E-state index contributed by atoms with van der Waals surface area (Å²) in [6.45, 7) is 5.23. The molecule has 0 rings (SSSR count). The minimum atomic E-state index is -0.500. The molecule has 0 bridgehead atoms. The van der Waals surface area contributed by atoms with Crippen LogP contribution in [0.3, 0.4) is 0 Å². The first-order valence-electron chi connectivity index (χ1n) is 2.13. The van der Waals surface area contributed by atoms with Crippen molar-refractivity contribution in [1.29, 1.82) is 0 Å². The first kappa shape index (κ1) is 10.3. The summed E-state index contributed by atoms with van der Waals surface area (Å²) in [5, 5.41) is 8.52. The molecule has 0 aromatic carbocycles. The Labute approximate surface area is 48.3 Å². The zero-order chi connectivity index (χ0) is 7.21. The second-order valence-electron chi connectivity index (χ2n) is 2.25. The molecular weight excluding hydrogens is 108 g/mol. The average Bonchev–Trinajstić information content (AvgIpc) is 1.27. The minimum Gasteiger partial charge on any atom is -0.391 e. The Morgan fingerprint density at radius 1 is 1.25 bits per heavy atom. The van der Waals surface area contributed by atoms with Gasteiger partial charge in [-0.25, -0.2) is 0 Å². The highest BCUT2D eigenvalue weighted by Crippen LogP contribution is 1.93. The molecule has 0 saturated heterocycles. The van der Waals surface area contributed by atoms with E-state index in [1.54, 1.807) is 20.8 Å². The molecule has 0 aliphatic rings. The van der Waals surface area contributed by atoms with E-state index in [0.717, 1.165) is 0 Å². The van der Waals surface area contributed by atoms with Crippen LogP contribution in [0.25, 0.3) is 0 Å². The molecule has 8 heavy (non-hydrogen) atoms. The second kappa shape index (κ2) is 4.50. The van der Waals surface area contributed by atoms with Crippen molar-refractivity contribution in [2.75, 3.05) is 0 Å². The number of hydrogen-bond acceptors (Lipinski definition) is 3. The summed E-state index contributed by atoms with van der Waals surface area (Å²) in [5.41, 5.74) is -0.500. The molecule has 0 aromatic heterocycles. The topological polar surface area (TPSA) is 54.4 Å². The Morgan fingerprint density at radius 2 is 1.25 bits per heavy atom. The monoisotopic (exact) mass is 118 g/mol. The average molecular weight is 118 g/mol. The van der Waals surface area contributed by atoms with Crippen LogP contribution in [0.1, 0.15) is 20.8 Å². The first-order chi connectivity index (χ1) is 3.41. The molecule has 0 aliphatic carbocycles. The van der Waals surface area contributed by atoms with Crippen LogP contribution in [0.5, 0.6) is 0 Å². The molecule has 0 radical (unpaired) electrons. The number of hydrogen-bond donors (Lipinski definition) is 1. The van der Waals surface area contributed by atoms with Gasteiger partial charge in [0.15, 0.2) is 0 Å². The zero-order valence-electron chi connectivity index (χ0n) is 5.26. The van der Waals surface area contributed by atoms with Gasteiger partial charge in [0.1, 0.15) is 0 Å². The summed E-state index contributed by atoms with van der Waals surface area (Å²) in [5.74, 6) is 0. The number of rotatable bonds is 0. The standard InChI is InChI=1S/C4H10O.CO2/c1-4(2,3)5;2-1-3/h5H,1-3H3;. The molecule has 0 spiro atoms. The van der Waals surface area contributed by atoms with Gasteiger partial charge >= 0.3 is 6.15 Å². The molecular formula is C5H10O3. The van der Waals surface area contributed by atoms with E-state index in [1.165, 1.54) is 0 Å². The van der Waals surface area contributed by atoms with Gasteiger partial charge in [0.2, 0.25) is 0 Å². The van der Waals surface area contributed by atoms with E-state index in [0.29, 0.717) is 0 Å². The number of aliphatic hydroxyl groups is 1. The lowest BCUT2D eigenvalue weighted by Crippen LogP contribution is -2.10. The lowest BCUT2D eigenvalue weighted by molar-refractivity contribution is -0.191. The molecule has 0 amide bonds. The summed E-state index contributed by atoms with van der Waals surface area (Å²) < 4.78 is 0. The third-order valence-electron chi connectivity index (χ3n) is 0. The Morgan fingerprint density at radius 3 is 1.25 bits per heavy atom. The third-order valence-corrected chi connectivity index (χ3v) is 0. The Hall–Kier alpha value is -0.660. The summed E-state index contributed by atoms with van der Waals surface area (Å²) >= 11 is 0. The fraction of sp³-hybridized carbons (Fsp3) is 0.800. The smallest absolute Gasteiger partial charge is 0.373 e. The maximum atomic E-state index is 8.52. The van der Waals surface area contributed by atoms with Crippen LogP contribution in [0.4, 0.5) is 0 Å². The fourth-order valence-corrected chi connectivity index (χ4v) is 0. The van der Waals surface area contributed by atoms with E-state index in [4.69, 9.17) is 14.7 Å². The normalized spacial score (nSPS) is 8.50. The van der Waals surface area contributed by atoms with E-state index >= 15 is 0 Å². The molecule has 0 unspecified atom stereocenters. The van der Waals surface area contributed by atoms with Gasteiger partial charge in [-0.05, 0) is 20.8 Å². The second-order valence-corrected chi connectivity index (χ2v) is 2.25. The summed E-state index contributed by atoms with van der Waals surface area (Å²) in [6.07, 6.45) is 0.250. The molecule has 0 saturated carbocycles. The van der Waals surface area contributed by atoms with Gasteiger partial charge in [0.05, 0.1) is 5.60 Å². The predicted molar refractivity (Wildman–Crippen MR) is 27.0 cm³/mol. The van der Waals surface area contributed by atoms with Gasteiger partial charge in [-0.1, -0.05) is 0 Å². The van der Waals surface area contributed by atoms with E-state index < -0.39 is 5.60 Å². The summed E-state index contributed by atoms with van der Waals surface area (Å²) in [4.78, 5) is 16.2. The van der Waals surface area contributed by atoms with Crippen LogP contribution in [-0.2, 0) is 9.59 Å². The van der Waals surface area contributed by atoms with E-state index in [1.807, 2.05) is 0 Å². The van der Waals surface area contributed by atoms with Crippen molar-refractivity contribution in [3.8, 4) is 0 Å². The van der Waals surface area contributed by atoms with Crippen LogP contribution in [-0.4, -0.2) is 16.9 Å². The van der Waals surface area contributed by atoms with Crippen LogP contribution in [0.15, 0.2) is 0 Å². The van der Waals surface area contributed by atoms with Gasteiger partial charge in [0, 0.05) is 0 Å². The van der Waals surface area contributed by atoms with Crippen LogP contribution < -0.4 is 0 Å². The molecule has 0 fully saturated rings. The van der Waals surface area contributed by atoms with Crippen LogP contribution in [0, 0.1) is 0 Å². The molecule has 3 heteroatoms. The van der Waals surface area contributed by atoms with Crippen molar-refractivity contribution in [3.63, 3.8) is 0 Å². The van der Waals surface area contributed by atoms with Gasteiger partial charge in [0.25, 0.3) is 0 Å². The van der Waals surface area contributed by atoms with E-state index in [2.05, 4.69) is 0 Å². The minimum absolute atomic E-state index is 0.250. The number of carbonyl (C=O) groups excluding carboxylic acids is 2. The Bertz CT molecular complexity index is 68.2. The molecule has 1 N–H and O–H groups in total. The Kier molecular flexibility index (Phi) is 5.82. The maximum absolute atomic E-state index is 8.52. The van der Waals surface area contributed by atoms with Crippen molar-refractivity contribution < 1.29 is 14.7 Å². The van der Waals surface area contributed by atoms with Gasteiger partial charge in [-0.2, -0.15) is 9.59 Å². The zero-order valence-corrected chi connectivity index (χ0v) is 5.26. The predicted octanol–water partition coefficient (Wildman–Crippen LogP) is 0.194. The fourth-order valence-electron chi connectivity index (χ4n) is 0. The summed E-state index contributed by atoms with van der Waals surface area (Å²) in [6, 6.07) is 0. The van der Waals surface area contributed by atoms with Crippen molar-refractivity contribution in [2.45, 2.75) is 26.4 Å². The quantitative estimate of drug-likeness (QED) is 0.494. The van der Waals surface area contributed by atoms with E-state index in [-0.39, 0.29) is 6.15 Å². The highest BCUT2D eigenvalue weighted by molar-refractivity contribution is 5.20. The van der Waals surface area contributed by atoms with E-state index in [9.17, 15) is 0 Å². The van der Waals surface area contributed by atoms with Crippen LogP contribution >= 0.6 is 0 Å². The lowest BCUT2D eigenvalue weighted by atomic mass is 10.2. The molecule has 3 nitrogen and oxygen atoms in total. The first-order valence-corrected chi connectivity index (χ1v) is 2.13. The molecule has 0 heterocycles. The SMILES string of the molecule is CC(C)(C)O.O=C=O. The van der Waals surface area contributed by atoms with Gasteiger partial charge in [-0.15, -0.1) is 0 Å². The highest BCUT2D eigenvalue weighted by Gasteiger charge is 1.97. The molecule has 0 atom stereocenters. The van der Waals surface area contributed by atoms with Crippen molar-refractivity contribution in [3.05, 3.63) is 0 Å². The summed E-state index contributed by atoms with van der Waals surface area (Å²) in [7, 11) is 0. The largest absolute Gasteiger partial charge is 0.391 e. The third kappa shape index (κ3) is 231. The van der Waals surface area contributed by atoms with Crippen LogP contribution in [0.2, 0.25) is 0 Å².